The topological polar surface area (TPSA) is 149 Å². The maximum atomic E-state index is 13.1. The highest BCUT2D eigenvalue weighted by Crippen LogP contribution is 2.23. The van der Waals surface area contributed by atoms with Crippen LogP contribution in [0, 0.1) is 0 Å². The lowest BCUT2D eigenvalue weighted by Crippen LogP contribution is -2.60. The second kappa shape index (κ2) is 46.9. The van der Waals surface area contributed by atoms with E-state index in [1.807, 2.05) is 0 Å². The first-order chi connectivity index (χ1) is 31.8. The number of nitrogens with one attached hydrogen (secondary N) is 1. The van der Waals surface area contributed by atoms with E-state index >= 15 is 0 Å². The summed E-state index contributed by atoms with van der Waals surface area (Å²) >= 11 is 0. The summed E-state index contributed by atoms with van der Waals surface area (Å²) in [5.74, 6) is -0.137. The molecule has 0 spiro atoms. The zero-order valence-electron chi connectivity index (χ0n) is 43.0. The van der Waals surface area contributed by atoms with Gasteiger partial charge in [-0.3, -0.25) is 4.79 Å². The van der Waals surface area contributed by atoms with Crippen LogP contribution >= 0.6 is 0 Å². The number of ether oxygens (including phenoxy) is 2. The van der Waals surface area contributed by atoms with Gasteiger partial charge in [0.05, 0.1) is 25.4 Å². The fourth-order valence-electron chi connectivity index (χ4n) is 9.64. The number of hydrogen-bond acceptors (Lipinski definition) is 8. The molecule has 0 aromatic heterocycles. The molecule has 1 aliphatic heterocycles. The maximum absolute atomic E-state index is 13.1. The summed E-state index contributed by atoms with van der Waals surface area (Å²) in [5.41, 5.74) is 0. The maximum Gasteiger partial charge on any atom is 0.220 e. The average Bonchev–Trinajstić information content (AvgIpc) is 3.31. The zero-order valence-corrected chi connectivity index (χ0v) is 43.0. The molecule has 7 atom stereocenters. The van der Waals surface area contributed by atoms with Gasteiger partial charge in [0.1, 0.15) is 24.4 Å². The minimum absolute atomic E-state index is 0.131. The largest absolute Gasteiger partial charge is 0.394 e. The van der Waals surface area contributed by atoms with Gasteiger partial charge in [0.2, 0.25) is 5.91 Å². The standard InChI is InChI=1S/C56H111NO8/c1-3-5-7-9-11-13-15-17-19-20-21-22-23-24-25-26-27-28-29-30-31-32-34-36-38-40-42-44-46-52(60)57-49(48-64-56-55(63)54(62)53(61)51(47-58)65-56)50(59)45-43-41-39-37-35-33-18-16-14-12-10-8-6-4-2/h49-51,53-56,58-59,61-63H,3-48H2,1-2H3,(H,57,60)/t49-,50+,51+,53-,54?,55?,56+/m0/s1. The molecule has 9 nitrogen and oxygen atoms in total. The van der Waals surface area contributed by atoms with E-state index in [-0.39, 0.29) is 12.5 Å². The number of unbranched alkanes of at least 4 members (excludes halogenated alkanes) is 40. The first-order valence-corrected chi connectivity index (χ1v) is 28.7. The molecule has 9 heteroatoms. The normalized spacial score (nSPS) is 19.8. The molecule has 1 heterocycles. The number of carbonyl (C=O) groups excluding carboxylic acids is 1. The molecular weight excluding hydrogens is 815 g/mol. The van der Waals surface area contributed by atoms with Crippen molar-refractivity contribution in [2.24, 2.45) is 0 Å². The van der Waals surface area contributed by atoms with Gasteiger partial charge < -0.3 is 40.3 Å². The minimum Gasteiger partial charge on any atom is -0.394 e. The van der Waals surface area contributed by atoms with E-state index in [0.717, 1.165) is 38.5 Å². The van der Waals surface area contributed by atoms with Gasteiger partial charge in [-0.1, -0.05) is 277 Å². The van der Waals surface area contributed by atoms with E-state index < -0.39 is 49.5 Å². The SMILES string of the molecule is CCCCCCCCCCCCCCCCCCCCCCCCCCCCCCC(=O)N[C@@H](CO[C@@H]1O[C@H](CO)[C@H](O)C(O)C1O)[C@H](O)CCCCCCCCCCCCCCCC. The third-order valence-corrected chi connectivity index (χ3v) is 14.2. The predicted molar refractivity (Wildman–Crippen MR) is 272 cm³/mol. The van der Waals surface area contributed by atoms with Crippen molar-refractivity contribution >= 4 is 5.91 Å². The van der Waals surface area contributed by atoms with Crippen molar-refractivity contribution in [2.45, 2.75) is 339 Å². The Labute approximate surface area is 402 Å². The van der Waals surface area contributed by atoms with E-state index in [4.69, 9.17) is 9.47 Å². The van der Waals surface area contributed by atoms with E-state index in [2.05, 4.69) is 19.2 Å². The first-order valence-electron chi connectivity index (χ1n) is 28.7. The molecule has 2 unspecified atom stereocenters. The molecule has 1 rings (SSSR count). The zero-order chi connectivity index (χ0) is 47.3. The molecule has 0 saturated carbocycles. The van der Waals surface area contributed by atoms with Crippen LogP contribution in [0.5, 0.6) is 0 Å². The second-order valence-corrected chi connectivity index (χ2v) is 20.5. The number of aliphatic hydroxyl groups is 5. The van der Waals surface area contributed by atoms with Gasteiger partial charge in [0.25, 0.3) is 0 Å². The van der Waals surface area contributed by atoms with Crippen LogP contribution in [0.4, 0.5) is 0 Å². The van der Waals surface area contributed by atoms with Crippen LogP contribution in [0.2, 0.25) is 0 Å². The van der Waals surface area contributed by atoms with Crippen molar-refractivity contribution in [3.05, 3.63) is 0 Å². The fourth-order valence-corrected chi connectivity index (χ4v) is 9.64. The van der Waals surface area contributed by atoms with E-state index in [1.54, 1.807) is 0 Å². The van der Waals surface area contributed by atoms with E-state index in [0.29, 0.717) is 12.8 Å². The molecule has 6 N–H and O–H groups in total. The lowest BCUT2D eigenvalue weighted by atomic mass is 9.99. The summed E-state index contributed by atoms with van der Waals surface area (Å²) in [5, 5.41) is 54.6. The smallest absolute Gasteiger partial charge is 0.220 e. The Morgan fingerprint density at radius 3 is 1.09 bits per heavy atom. The van der Waals surface area contributed by atoms with Crippen LogP contribution in [0.25, 0.3) is 0 Å². The lowest BCUT2D eigenvalue weighted by Gasteiger charge is -2.40. The van der Waals surface area contributed by atoms with Crippen molar-refractivity contribution in [3.8, 4) is 0 Å². The van der Waals surface area contributed by atoms with Crippen molar-refractivity contribution in [2.75, 3.05) is 13.2 Å². The molecule has 0 aromatic carbocycles. The molecule has 1 fully saturated rings. The van der Waals surface area contributed by atoms with Crippen LogP contribution in [-0.2, 0) is 14.3 Å². The number of rotatable bonds is 50. The molecule has 1 saturated heterocycles. The number of hydrogen-bond donors (Lipinski definition) is 6. The Hall–Kier alpha value is -0.810. The summed E-state index contributed by atoms with van der Waals surface area (Å²) < 4.78 is 11.3. The minimum atomic E-state index is -1.55. The Bertz CT molecular complexity index is 986. The van der Waals surface area contributed by atoms with Gasteiger partial charge in [-0.2, -0.15) is 0 Å². The summed E-state index contributed by atoms with van der Waals surface area (Å²) in [7, 11) is 0. The quantitative estimate of drug-likeness (QED) is 0.0330. The van der Waals surface area contributed by atoms with Crippen LogP contribution in [0.3, 0.4) is 0 Å². The van der Waals surface area contributed by atoms with E-state index in [1.165, 1.54) is 231 Å². The average molecular weight is 927 g/mol. The molecule has 1 amide bonds. The molecule has 65 heavy (non-hydrogen) atoms. The van der Waals surface area contributed by atoms with Crippen LogP contribution in [-0.4, -0.2) is 87.5 Å². The molecular formula is C56H111NO8. The number of aliphatic hydroxyl groups excluding tert-OH is 5. The van der Waals surface area contributed by atoms with Crippen LogP contribution in [0.1, 0.15) is 296 Å². The van der Waals surface area contributed by atoms with Gasteiger partial charge in [0, 0.05) is 6.42 Å². The molecule has 0 aromatic rings. The first kappa shape index (κ1) is 62.2. The summed E-state index contributed by atoms with van der Waals surface area (Å²) in [6.45, 7) is 3.87. The Morgan fingerprint density at radius 1 is 0.462 bits per heavy atom. The third kappa shape index (κ3) is 36.8. The van der Waals surface area contributed by atoms with E-state index in [9.17, 15) is 30.3 Å². The molecule has 388 valence electrons. The number of carbonyl (C=O) groups is 1. The summed E-state index contributed by atoms with van der Waals surface area (Å²) in [4.78, 5) is 13.1. The van der Waals surface area contributed by atoms with Gasteiger partial charge in [-0.15, -0.1) is 0 Å². The van der Waals surface area contributed by atoms with Crippen molar-refractivity contribution in [1.82, 2.24) is 5.32 Å². The van der Waals surface area contributed by atoms with Gasteiger partial charge in [-0.25, -0.2) is 0 Å². The molecule has 0 aliphatic carbocycles. The highest BCUT2D eigenvalue weighted by atomic mass is 16.7. The Kier molecular flexibility index (Phi) is 44.9. The lowest BCUT2D eigenvalue weighted by molar-refractivity contribution is -0.302. The monoisotopic (exact) mass is 926 g/mol. The highest BCUT2D eigenvalue weighted by Gasteiger charge is 2.44. The summed E-state index contributed by atoms with van der Waals surface area (Å²) in [6.07, 6.45) is 48.5. The van der Waals surface area contributed by atoms with Gasteiger partial charge in [0.15, 0.2) is 6.29 Å². The Morgan fingerprint density at radius 2 is 0.769 bits per heavy atom. The second-order valence-electron chi connectivity index (χ2n) is 20.5. The summed E-state index contributed by atoms with van der Waals surface area (Å²) in [6, 6.07) is -0.712. The number of amides is 1. The van der Waals surface area contributed by atoms with Crippen molar-refractivity contribution in [1.29, 1.82) is 0 Å². The van der Waals surface area contributed by atoms with Gasteiger partial charge >= 0.3 is 0 Å². The predicted octanol–water partition coefficient (Wildman–Crippen LogP) is 13.9. The third-order valence-electron chi connectivity index (χ3n) is 14.2. The van der Waals surface area contributed by atoms with Gasteiger partial charge in [-0.05, 0) is 12.8 Å². The fraction of sp³-hybridized carbons (Fsp3) is 0.982. The van der Waals surface area contributed by atoms with Crippen LogP contribution in [0.15, 0.2) is 0 Å². The molecule has 0 bridgehead atoms. The van der Waals surface area contributed by atoms with Crippen molar-refractivity contribution in [3.63, 3.8) is 0 Å². The molecule has 1 aliphatic rings. The molecule has 0 radical (unpaired) electrons. The van der Waals surface area contributed by atoms with Crippen molar-refractivity contribution < 1.29 is 39.8 Å². The highest BCUT2D eigenvalue weighted by molar-refractivity contribution is 5.76. The Balaban J connectivity index is 2.13. The van der Waals surface area contributed by atoms with Crippen LogP contribution < -0.4 is 5.32 Å².